The molecule has 0 unspecified atom stereocenters. The molecule has 1 aromatic heterocycles. The lowest BCUT2D eigenvalue weighted by Crippen LogP contribution is -2.07. The maximum absolute atomic E-state index is 11.3. The third-order valence-electron chi connectivity index (χ3n) is 2.31. The molecule has 0 aliphatic carbocycles. The molecule has 0 amide bonds. The van der Waals surface area contributed by atoms with Crippen molar-refractivity contribution < 1.29 is 9.53 Å². The zero-order valence-electron chi connectivity index (χ0n) is 8.56. The number of carbonyl (C=O) groups excluding carboxylic acids is 1. The maximum Gasteiger partial charge on any atom is 0.311 e. The van der Waals surface area contributed by atoms with E-state index in [9.17, 15) is 4.79 Å². The van der Waals surface area contributed by atoms with E-state index in [0.29, 0.717) is 0 Å². The van der Waals surface area contributed by atoms with E-state index in [-0.39, 0.29) is 19.0 Å². The Kier molecular flexibility index (Phi) is 2.88. The molecule has 0 saturated carbocycles. The van der Waals surface area contributed by atoms with Crippen LogP contribution in [0, 0.1) is 11.3 Å². The largest absolute Gasteiger partial charge is 0.450 e. The van der Waals surface area contributed by atoms with Crippen LogP contribution < -0.4 is 0 Å². The third-order valence-corrected chi connectivity index (χ3v) is 2.31. The highest BCUT2D eigenvalue weighted by Gasteiger charge is 2.08. The van der Waals surface area contributed by atoms with Crippen molar-refractivity contribution in [1.82, 2.24) is 4.98 Å². The van der Waals surface area contributed by atoms with Gasteiger partial charge < -0.3 is 9.72 Å². The van der Waals surface area contributed by atoms with E-state index in [1.807, 2.05) is 24.3 Å². The monoisotopic (exact) mass is 214 g/mol. The number of ether oxygens (including phenoxy) is 1. The van der Waals surface area contributed by atoms with E-state index in [1.54, 1.807) is 12.3 Å². The van der Waals surface area contributed by atoms with Crippen molar-refractivity contribution in [2.24, 2.45) is 0 Å². The van der Waals surface area contributed by atoms with Gasteiger partial charge in [0.2, 0.25) is 0 Å². The standard InChI is InChI=1S/C12H10N2O2/c13-5-6-16-12(15)7-9-8-14-11-4-2-1-3-10(9)11/h1-4,8,14H,6-7H2. The van der Waals surface area contributed by atoms with Crippen LogP contribution in [-0.2, 0) is 16.0 Å². The number of aromatic nitrogens is 1. The minimum absolute atomic E-state index is 0.186. The van der Waals surface area contributed by atoms with Gasteiger partial charge in [0.1, 0.15) is 6.07 Å². The molecule has 0 atom stereocenters. The van der Waals surface area contributed by atoms with Crippen molar-refractivity contribution in [3.63, 3.8) is 0 Å². The van der Waals surface area contributed by atoms with Crippen molar-refractivity contribution in [3.8, 4) is 6.07 Å². The Morgan fingerprint density at radius 3 is 3.06 bits per heavy atom. The molecular formula is C12H10N2O2. The SMILES string of the molecule is N#CCOC(=O)Cc1c[nH]c2ccccc12. The van der Waals surface area contributed by atoms with Crippen molar-refractivity contribution in [2.45, 2.75) is 6.42 Å². The molecule has 0 radical (unpaired) electrons. The van der Waals surface area contributed by atoms with E-state index in [2.05, 4.69) is 4.98 Å². The summed E-state index contributed by atoms with van der Waals surface area (Å²) in [5.74, 6) is -0.383. The average molecular weight is 214 g/mol. The number of carbonyl (C=O) groups is 1. The summed E-state index contributed by atoms with van der Waals surface area (Å²) >= 11 is 0. The molecule has 2 aromatic rings. The van der Waals surface area contributed by atoms with Gasteiger partial charge in [-0.2, -0.15) is 5.26 Å². The van der Waals surface area contributed by atoms with Crippen LogP contribution in [0.4, 0.5) is 0 Å². The molecule has 0 aliphatic rings. The number of rotatable bonds is 3. The molecule has 0 saturated heterocycles. The van der Waals surface area contributed by atoms with E-state index in [0.717, 1.165) is 16.5 Å². The molecule has 0 fully saturated rings. The second-order valence-corrected chi connectivity index (χ2v) is 3.36. The van der Waals surface area contributed by atoms with Gasteiger partial charge in [0.25, 0.3) is 0 Å². The Hall–Kier alpha value is -2.28. The summed E-state index contributed by atoms with van der Waals surface area (Å²) in [6, 6.07) is 9.50. The predicted octanol–water partition coefficient (Wildman–Crippen LogP) is 1.78. The lowest BCUT2D eigenvalue weighted by atomic mass is 10.1. The summed E-state index contributed by atoms with van der Waals surface area (Å²) in [6.45, 7) is -0.193. The van der Waals surface area contributed by atoms with Crippen LogP contribution in [0.25, 0.3) is 10.9 Å². The predicted molar refractivity (Wildman–Crippen MR) is 58.6 cm³/mol. The Morgan fingerprint density at radius 2 is 2.25 bits per heavy atom. The van der Waals surface area contributed by atoms with Gasteiger partial charge in [0.05, 0.1) is 6.42 Å². The molecule has 0 spiro atoms. The lowest BCUT2D eigenvalue weighted by molar-refractivity contribution is -0.141. The van der Waals surface area contributed by atoms with Gasteiger partial charge in [-0.3, -0.25) is 4.79 Å². The molecule has 1 heterocycles. The Labute approximate surface area is 92.4 Å². The normalized spacial score (nSPS) is 9.94. The van der Waals surface area contributed by atoms with Crippen molar-refractivity contribution in [3.05, 3.63) is 36.0 Å². The fourth-order valence-corrected chi connectivity index (χ4v) is 1.60. The molecule has 0 bridgehead atoms. The average Bonchev–Trinajstić information content (AvgIpc) is 2.70. The van der Waals surface area contributed by atoms with Crippen LogP contribution in [0.5, 0.6) is 0 Å². The number of nitriles is 1. The van der Waals surface area contributed by atoms with Gasteiger partial charge in [-0.1, -0.05) is 18.2 Å². The Morgan fingerprint density at radius 1 is 1.44 bits per heavy atom. The van der Waals surface area contributed by atoms with Crippen molar-refractivity contribution in [1.29, 1.82) is 5.26 Å². The highest BCUT2D eigenvalue weighted by molar-refractivity contribution is 5.87. The van der Waals surface area contributed by atoms with E-state index >= 15 is 0 Å². The summed E-state index contributed by atoms with van der Waals surface area (Å²) in [6.07, 6.45) is 1.98. The number of para-hydroxylation sites is 1. The molecule has 0 aliphatic heterocycles. The topological polar surface area (TPSA) is 65.9 Å². The molecular weight excluding hydrogens is 204 g/mol. The van der Waals surface area contributed by atoms with Gasteiger partial charge in [-0.15, -0.1) is 0 Å². The number of esters is 1. The van der Waals surface area contributed by atoms with Crippen LogP contribution in [0.1, 0.15) is 5.56 Å². The summed E-state index contributed by atoms with van der Waals surface area (Å²) in [7, 11) is 0. The maximum atomic E-state index is 11.3. The molecule has 16 heavy (non-hydrogen) atoms. The molecule has 1 aromatic carbocycles. The second kappa shape index (κ2) is 4.49. The highest BCUT2D eigenvalue weighted by atomic mass is 16.5. The first-order valence-corrected chi connectivity index (χ1v) is 4.89. The first-order chi connectivity index (χ1) is 7.81. The number of nitrogens with one attached hydrogen (secondary N) is 1. The second-order valence-electron chi connectivity index (χ2n) is 3.36. The fraction of sp³-hybridized carbons (Fsp3) is 0.167. The summed E-state index contributed by atoms with van der Waals surface area (Å²) < 4.78 is 4.70. The van der Waals surface area contributed by atoms with Crippen molar-refractivity contribution in [2.75, 3.05) is 6.61 Å². The van der Waals surface area contributed by atoms with Gasteiger partial charge >= 0.3 is 5.97 Å². The minimum atomic E-state index is -0.383. The molecule has 4 heteroatoms. The number of fused-ring (bicyclic) bond motifs is 1. The quantitative estimate of drug-likeness (QED) is 0.792. The minimum Gasteiger partial charge on any atom is -0.450 e. The molecule has 1 N–H and O–H groups in total. The van der Waals surface area contributed by atoms with Gasteiger partial charge in [-0.25, -0.2) is 0 Å². The van der Waals surface area contributed by atoms with E-state index in [4.69, 9.17) is 10.00 Å². The number of benzene rings is 1. The number of H-pyrrole nitrogens is 1. The van der Waals surface area contributed by atoms with Gasteiger partial charge in [0, 0.05) is 17.1 Å². The number of nitrogens with zero attached hydrogens (tertiary/aromatic N) is 1. The smallest absolute Gasteiger partial charge is 0.311 e. The fourth-order valence-electron chi connectivity index (χ4n) is 1.60. The van der Waals surface area contributed by atoms with Crippen LogP contribution >= 0.6 is 0 Å². The zero-order valence-corrected chi connectivity index (χ0v) is 8.56. The van der Waals surface area contributed by atoms with Crippen molar-refractivity contribution >= 4 is 16.9 Å². The third kappa shape index (κ3) is 2.04. The van der Waals surface area contributed by atoms with Crippen LogP contribution in [-0.4, -0.2) is 17.6 Å². The number of aromatic amines is 1. The van der Waals surface area contributed by atoms with Gasteiger partial charge in [-0.05, 0) is 11.6 Å². The highest BCUT2D eigenvalue weighted by Crippen LogP contribution is 2.18. The first kappa shape index (κ1) is 10.2. The van der Waals surface area contributed by atoms with E-state index in [1.165, 1.54) is 0 Å². The molecule has 80 valence electrons. The number of hydrogen-bond donors (Lipinski definition) is 1. The van der Waals surface area contributed by atoms with Gasteiger partial charge in [0.15, 0.2) is 6.61 Å². The number of hydrogen-bond acceptors (Lipinski definition) is 3. The lowest BCUT2D eigenvalue weighted by Gasteiger charge is -1.99. The van der Waals surface area contributed by atoms with Crippen LogP contribution in [0.15, 0.2) is 30.5 Å². The van der Waals surface area contributed by atoms with Crippen LogP contribution in [0.3, 0.4) is 0 Å². The summed E-state index contributed by atoms with van der Waals surface area (Å²) in [4.78, 5) is 14.4. The van der Waals surface area contributed by atoms with E-state index < -0.39 is 0 Å². The zero-order chi connectivity index (χ0) is 11.4. The molecule has 4 nitrogen and oxygen atoms in total. The Bertz CT molecular complexity index is 551. The Balaban J connectivity index is 2.16. The van der Waals surface area contributed by atoms with Crippen LogP contribution in [0.2, 0.25) is 0 Å². The molecule has 2 rings (SSSR count). The summed E-state index contributed by atoms with van der Waals surface area (Å²) in [5.41, 5.74) is 1.88. The summed E-state index contributed by atoms with van der Waals surface area (Å²) in [5, 5.41) is 9.29. The first-order valence-electron chi connectivity index (χ1n) is 4.89.